The van der Waals surface area contributed by atoms with Crippen molar-refractivity contribution >= 4 is 13.3 Å². The number of rotatable bonds is 6. The van der Waals surface area contributed by atoms with Crippen LogP contribution >= 0.6 is 0 Å². The molecule has 7 heteroatoms. The van der Waals surface area contributed by atoms with Crippen LogP contribution in [0.2, 0.25) is 0 Å². The fourth-order valence-corrected chi connectivity index (χ4v) is 2.19. The molecule has 22 heavy (non-hydrogen) atoms. The van der Waals surface area contributed by atoms with Gasteiger partial charge in [0.15, 0.2) is 6.29 Å². The zero-order valence-electron chi connectivity index (χ0n) is 12.2. The summed E-state index contributed by atoms with van der Waals surface area (Å²) in [7, 11) is 5.39. The van der Waals surface area contributed by atoms with Crippen LogP contribution in [0.25, 0.3) is 0 Å². The number of ether oxygens (including phenoxy) is 3. The molecule has 1 aromatic carbocycles. The van der Waals surface area contributed by atoms with E-state index in [2.05, 4.69) is 0 Å². The summed E-state index contributed by atoms with van der Waals surface area (Å²) in [5.41, 5.74) is -0.804. The summed E-state index contributed by atoms with van der Waals surface area (Å²) in [6.07, 6.45) is -1.23. The standard InChI is InChI=1S/C15H18BF3O3/c16-11-5-6-13(12(10-11)15(17,18)19)20-8-3-9-22-14-4-1-2-7-21-14/h5-6,10,14H,1-4,7-9H2. The zero-order chi connectivity index (χ0) is 16.0. The van der Waals surface area contributed by atoms with Crippen LogP contribution < -0.4 is 10.2 Å². The molecule has 3 nitrogen and oxygen atoms in total. The van der Waals surface area contributed by atoms with Gasteiger partial charge in [-0.3, -0.25) is 0 Å². The average Bonchev–Trinajstić information content (AvgIpc) is 2.48. The Morgan fingerprint density at radius 3 is 2.73 bits per heavy atom. The molecule has 2 rings (SSSR count). The molecule has 0 spiro atoms. The summed E-state index contributed by atoms with van der Waals surface area (Å²) in [5.74, 6) is -0.212. The highest BCUT2D eigenvalue weighted by Crippen LogP contribution is 2.35. The highest BCUT2D eigenvalue weighted by atomic mass is 19.4. The fourth-order valence-electron chi connectivity index (χ4n) is 2.19. The predicted molar refractivity (Wildman–Crippen MR) is 76.5 cm³/mol. The normalized spacial score (nSPS) is 19.1. The van der Waals surface area contributed by atoms with Crippen molar-refractivity contribution < 1.29 is 27.4 Å². The molecule has 1 saturated heterocycles. The van der Waals surface area contributed by atoms with Gasteiger partial charge in [-0.1, -0.05) is 17.6 Å². The van der Waals surface area contributed by atoms with Crippen molar-refractivity contribution in [2.24, 2.45) is 0 Å². The monoisotopic (exact) mass is 314 g/mol. The first-order chi connectivity index (χ1) is 10.5. The smallest absolute Gasteiger partial charge is 0.419 e. The first-order valence-electron chi connectivity index (χ1n) is 7.29. The molecule has 120 valence electrons. The van der Waals surface area contributed by atoms with Crippen LogP contribution in [-0.4, -0.2) is 34.0 Å². The lowest BCUT2D eigenvalue weighted by molar-refractivity contribution is -0.163. The largest absolute Gasteiger partial charge is 0.493 e. The van der Waals surface area contributed by atoms with Crippen molar-refractivity contribution in [1.29, 1.82) is 0 Å². The van der Waals surface area contributed by atoms with Gasteiger partial charge < -0.3 is 14.2 Å². The molecule has 0 N–H and O–H groups in total. The van der Waals surface area contributed by atoms with Crippen molar-refractivity contribution in [2.45, 2.75) is 38.1 Å². The van der Waals surface area contributed by atoms with Crippen LogP contribution in [0.1, 0.15) is 31.2 Å². The molecule has 1 unspecified atom stereocenters. The van der Waals surface area contributed by atoms with E-state index in [9.17, 15) is 13.2 Å². The Hall–Kier alpha value is -1.21. The van der Waals surface area contributed by atoms with E-state index >= 15 is 0 Å². The quantitative estimate of drug-likeness (QED) is 0.597. The molecule has 1 fully saturated rings. The van der Waals surface area contributed by atoms with Gasteiger partial charge in [-0.15, -0.1) is 0 Å². The Kier molecular flexibility index (Phi) is 6.14. The van der Waals surface area contributed by atoms with Crippen molar-refractivity contribution in [3.63, 3.8) is 0 Å². The fraction of sp³-hybridized carbons (Fsp3) is 0.600. The summed E-state index contributed by atoms with van der Waals surface area (Å²) in [5, 5.41) is 0. The first-order valence-corrected chi connectivity index (χ1v) is 7.29. The van der Waals surface area contributed by atoms with E-state index in [4.69, 9.17) is 22.1 Å². The third-order valence-corrected chi connectivity index (χ3v) is 3.30. The lowest BCUT2D eigenvalue weighted by Crippen LogP contribution is -2.23. The van der Waals surface area contributed by atoms with Gasteiger partial charge in [0.1, 0.15) is 13.6 Å². The molecule has 0 aliphatic carbocycles. The van der Waals surface area contributed by atoms with E-state index in [-0.39, 0.29) is 24.1 Å². The predicted octanol–water partition coefficient (Wildman–Crippen LogP) is 2.81. The Morgan fingerprint density at radius 1 is 1.23 bits per heavy atom. The first kappa shape index (κ1) is 17.2. The maximum absolute atomic E-state index is 12.9. The Labute approximate surface area is 129 Å². The number of hydrogen-bond acceptors (Lipinski definition) is 3. The van der Waals surface area contributed by atoms with E-state index in [1.54, 1.807) is 0 Å². The van der Waals surface area contributed by atoms with Gasteiger partial charge in [0.2, 0.25) is 0 Å². The summed E-state index contributed by atoms with van der Waals surface area (Å²) in [4.78, 5) is 0. The minimum Gasteiger partial charge on any atom is -0.493 e. The molecule has 1 aliphatic rings. The molecule has 0 amide bonds. The Bertz CT molecular complexity index is 474. The number of hydrogen-bond donors (Lipinski definition) is 0. The molecular formula is C15H18BF3O3. The molecule has 1 aromatic rings. The summed E-state index contributed by atoms with van der Waals surface area (Å²) in [6, 6.07) is 3.50. The minimum atomic E-state index is -4.49. The zero-order valence-corrected chi connectivity index (χ0v) is 12.2. The van der Waals surface area contributed by atoms with E-state index in [1.807, 2.05) is 0 Å². The van der Waals surface area contributed by atoms with Crippen molar-refractivity contribution in [2.75, 3.05) is 19.8 Å². The van der Waals surface area contributed by atoms with Crippen LogP contribution in [0.5, 0.6) is 5.75 Å². The van der Waals surface area contributed by atoms with E-state index in [0.717, 1.165) is 25.3 Å². The number of halogens is 3. The van der Waals surface area contributed by atoms with Gasteiger partial charge in [0, 0.05) is 13.0 Å². The summed E-state index contributed by atoms with van der Waals surface area (Å²) in [6.45, 7) is 1.22. The maximum Gasteiger partial charge on any atom is 0.419 e. The van der Waals surface area contributed by atoms with Gasteiger partial charge in [-0.2, -0.15) is 13.2 Å². The van der Waals surface area contributed by atoms with Crippen LogP contribution in [0, 0.1) is 0 Å². The molecule has 0 saturated carbocycles. The molecule has 2 radical (unpaired) electrons. The van der Waals surface area contributed by atoms with Crippen molar-refractivity contribution in [1.82, 2.24) is 0 Å². The second kappa shape index (κ2) is 7.88. The lowest BCUT2D eigenvalue weighted by Gasteiger charge is -2.22. The van der Waals surface area contributed by atoms with E-state index in [0.29, 0.717) is 19.6 Å². The second-order valence-electron chi connectivity index (χ2n) is 5.12. The number of alkyl halides is 3. The molecular weight excluding hydrogens is 296 g/mol. The van der Waals surface area contributed by atoms with Crippen LogP contribution in [0.15, 0.2) is 18.2 Å². The molecule has 1 aliphatic heterocycles. The third-order valence-electron chi connectivity index (χ3n) is 3.30. The lowest BCUT2D eigenvalue weighted by atomic mass is 9.94. The van der Waals surface area contributed by atoms with Crippen molar-refractivity contribution in [3.05, 3.63) is 23.8 Å². The van der Waals surface area contributed by atoms with Crippen LogP contribution in [0.4, 0.5) is 13.2 Å². The van der Waals surface area contributed by atoms with E-state index in [1.165, 1.54) is 12.1 Å². The van der Waals surface area contributed by atoms with Gasteiger partial charge in [-0.05, 0) is 25.3 Å². The molecule has 1 heterocycles. The number of benzene rings is 1. The van der Waals surface area contributed by atoms with Gasteiger partial charge >= 0.3 is 6.18 Å². The average molecular weight is 314 g/mol. The van der Waals surface area contributed by atoms with Crippen LogP contribution in [0.3, 0.4) is 0 Å². The van der Waals surface area contributed by atoms with Crippen LogP contribution in [-0.2, 0) is 15.7 Å². The third kappa shape index (κ3) is 5.21. The maximum atomic E-state index is 12.9. The highest BCUT2D eigenvalue weighted by molar-refractivity contribution is 6.32. The molecule has 1 atom stereocenters. The summed E-state index contributed by atoms with van der Waals surface area (Å²) < 4.78 is 54.7. The Balaban J connectivity index is 1.77. The minimum absolute atomic E-state index is 0.0532. The Morgan fingerprint density at radius 2 is 2.05 bits per heavy atom. The second-order valence-corrected chi connectivity index (χ2v) is 5.12. The highest BCUT2D eigenvalue weighted by Gasteiger charge is 2.34. The van der Waals surface area contributed by atoms with Gasteiger partial charge in [0.25, 0.3) is 0 Å². The van der Waals surface area contributed by atoms with E-state index < -0.39 is 11.7 Å². The van der Waals surface area contributed by atoms with Gasteiger partial charge in [0.05, 0.1) is 18.8 Å². The van der Waals surface area contributed by atoms with Gasteiger partial charge in [-0.25, -0.2) is 0 Å². The summed E-state index contributed by atoms with van der Waals surface area (Å²) >= 11 is 0. The molecule has 0 aromatic heterocycles. The van der Waals surface area contributed by atoms with Crippen molar-refractivity contribution in [3.8, 4) is 5.75 Å². The SMILES string of the molecule is [B]c1ccc(OCCCOC2CCCCO2)c(C(F)(F)F)c1. The topological polar surface area (TPSA) is 27.7 Å². The molecule has 0 bridgehead atoms.